The molecule has 0 aromatic carbocycles. The van der Waals surface area contributed by atoms with E-state index in [1.54, 1.807) is 7.11 Å². The Kier molecular flexibility index (Phi) is 3.03. The molecule has 0 N–H and O–H groups in total. The smallest absolute Gasteiger partial charge is 0.0661 e. The summed E-state index contributed by atoms with van der Waals surface area (Å²) < 4.78 is 7.99. The van der Waals surface area contributed by atoms with Crippen molar-refractivity contribution in [1.82, 2.24) is 9.78 Å². The molecule has 0 radical (unpaired) electrons. The zero-order valence-corrected chi connectivity index (χ0v) is 9.70. The van der Waals surface area contributed by atoms with E-state index in [0.717, 1.165) is 4.47 Å². The Bertz CT molecular complexity index is 342. The molecule has 1 saturated carbocycles. The zero-order chi connectivity index (χ0) is 9.97. The van der Waals surface area contributed by atoms with Gasteiger partial charge in [-0.05, 0) is 34.8 Å². The normalized spacial score (nSPS) is 16.7. The van der Waals surface area contributed by atoms with E-state index in [1.807, 2.05) is 23.2 Å². The van der Waals surface area contributed by atoms with Crippen LogP contribution < -0.4 is 0 Å². The van der Waals surface area contributed by atoms with Crippen LogP contribution in [0, 0.1) is 0 Å². The first-order chi connectivity index (χ1) is 6.83. The Labute approximate surface area is 91.9 Å². The molecule has 0 amide bonds. The fraction of sp³-hybridized carbons (Fsp3) is 0.500. The van der Waals surface area contributed by atoms with E-state index in [9.17, 15) is 0 Å². The van der Waals surface area contributed by atoms with Gasteiger partial charge in [0.05, 0.1) is 23.0 Å². The first kappa shape index (κ1) is 9.93. The summed E-state index contributed by atoms with van der Waals surface area (Å²) in [6.07, 6.45) is 8.34. The highest BCUT2D eigenvalue weighted by atomic mass is 79.9. The lowest BCUT2D eigenvalue weighted by Crippen LogP contribution is -1.96. The van der Waals surface area contributed by atoms with Crippen molar-refractivity contribution in [3.63, 3.8) is 0 Å². The van der Waals surface area contributed by atoms with Crippen LogP contribution in [0.15, 0.2) is 16.7 Å². The molecule has 1 fully saturated rings. The molecular formula is C10H13BrN2O. The molecule has 0 atom stereocenters. The van der Waals surface area contributed by atoms with Crippen molar-refractivity contribution in [1.29, 1.82) is 0 Å². The lowest BCUT2D eigenvalue weighted by atomic mass is 10.3. The average molecular weight is 257 g/mol. The van der Waals surface area contributed by atoms with Crippen LogP contribution in [0.25, 0.3) is 6.20 Å². The van der Waals surface area contributed by atoms with Crippen LogP contribution in [-0.4, -0.2) is 23.5 Å². The third-order valence-corrected chi connectivity index (χ3v) is 2.87. The maximum atomic E-state index is 4.95. The molecule has 2 rings (SSSR count). The van der Waals surface area contributed by atoms with Crippen molar-refractivity contribution >= 4 is 22.1 Å². The van der Waals surface area contributed by atoms with Crippen LogP contribution in [0.3, 0.4) is 0 Å². The van der Waals surface area contributed by atoms with Crippen molar-refractivity contribution in [2.75, 3.05) is 13.7 Å². The van der Waals surface area contributed by atoms with E-state index in [2.05, 4.69) is 21.0 Å². The summed E-state index contributed by atoms with van der Waals surface area (Å²) in [7, 11) is 1.69. The molecule has 1 aromatic heterocycles. The second-order valence-corrected chi connectivity index (χ2v) is 4.29. The molecule has 1 aliphatic rings. The lowest BCUT2D eigenvalue weighted by molar-refractivity contribution is 0.234. The summed E-state index contributed by atoms with van der Waals surface area (Å²) in [6.45, 7) is 0.627. The number of aromatic nitrogens is 2. The summed E-state index contributed by atoms with van der Waals surface area (Å²) in [5, 5.41) is 4.28. The molecule has 3 nitrogen and oxygen atoms in total. The molecule has 1 aromatic rings. The predicted molar refractivity (Wildman–Crippen MR) is 59.1 cm³/mol. The topological polar surface area (TPSA) is 27.1 Å². The number of nitrogens with zero attached hydrogens (tertiary/aromatic N) is 2. The van der Waals surface area contributed by atoms with E-state index in [0.29, 0.717) is 12.5 Å². The maximum absolute atomic E-state index is 4.95. The molecular weight excluding hydrogens is 244 g/mol. The molecule has 0 bridgehead atoms. The summed E-state index contributed by atoms with van der Waals surface area (Å²) in [6, 6.07) is 0. The maximum Gasteiger partial charge on any atom is 0.0661 e. The van der Waals surface area contributed by atoms with Crippen molar-refractivity contribution in [2.45, 2.75) is 18.8 Å². The first-order valence-corrected chi connectivity index (χ1v) is 5.50. The number of hydrogen-bond donors (Lipinski definition) is 0. The van der Waals surface area contributed by atoms with Crippen molar-refractivity contribution in [3.05, 3.63) is 22.4 Å². The van der Waals surface area contributed by atoms with Crippen LogP contribution in [0.4, 0.5) is 0 Å². The van der Waals surface area contributed by atoms with Crippen LogP contribution in [0.1, 0.15) is 24.5 Å². The SMILES string of the molecule is COC/C=C/n1ncc(Br)c1C1CC1. The minimum absolute atomic E-state index is 0.627. The summed E-state index contributed by atoms with van der Waals surface area (Å²) >= 11 is 3.52. The van der Waals surface area contributed by atoms with Gasteiger partial charge in [-0.25, -0.2) is 4.68 Å². The minimum Gasteiger partial charge on any atom is -0.381 e. The predicted octanol–water partition coefficient (Wildman–Crippen LogP) is 2.64. The third-order valence-electron chi connectivity index (χ3n) is 2.26. The van der Waals surface area contributed by atoms with Gasteiger partial charge >= 0.3 is 0 Å². The van der Waals surface area contributed by atoms with Crippen LogP contribution in [-0.2, 0) is 4.74 Å². The molecule has 14 heavy (non-hydrogen) atoms. The van der Waals surface area contributed by atoms with Gasteiger partial charge in [0.15, 0.2) is 0 Å². The van der Waals surface area contributed by atoms with E-state index < -0.39 is 0 Å². The monoisotopic (exact) mass is 256 g/mol. The molecule has 0 saturated heterocycles. The molecule has 4 heteroatoms. The Hall–Kier alpha value is -0.610. The first-order valence-electron chi connectivity index (χ1n) is 4.71. The summed E-state index contributed by atoms with van der Waals surface area (Å²) in [5.41, 5.74) is 1.29. The van der Waals surface area contributed by atoms with Gasteiger partial charge < -0.3 is 4.74 Å². The number of halogens is 1. The van der Waals surface area contributed by atoms with Gasteiger partial charge in [0.1, 0.15) is 0 Å². The van der Waals surface area contributed by atoms with Crippen molar-refractivity contribution < 1.29 is 4.74 Å². The summed E-state index contributed by atoms with van der Waals surface area (Å²) in [5.74, 6) is 0.694. The number of methoxy groups -OCH3 is 1. The Morgan fingerprint density at radius 3 is 3.14 bits per heavy atom. The van der Waals surface area contributed by atoms with E-state index >= 15 is 0 Å². The van der Waals surface area contributed by atoms with Crippen LogP contribution in [0.2, 0.25) is 0 Å². The Balaban J connectivity index is 2.16. The number of ether oxygens (including phenoxy) is 1. The fourth-order valence-electron chi connectivity index (χ4n) is 1.45. The van der Waals surface area contributed by atoms with Gasteiger partial charge in [0.2, 0.25) is 0 Å². The highest BCUT2D eigenvalue weighted by Crippen LogP contribution is 2.43. The van der Waals surface area contributed by atoms with Crippen LogP contribution in [0.5, 0.6) is 0 Å². The van der Waals surface area contributed by atoms with Gasteiger partial charge in [-0.2, -0.15) is 5.10 Å². The number of hydrogen-bond acceptors (Lipinski definition) is 2. The van der Waals surface area contributed by atoms with Crippen molar-refractivity contribution in [3.8, 4) is 0 Å². The second kappa shape index (κ2) is 4.28. The molecule has 76 valence electrons. The zero-order valence-electron chi connectivity index (χ0n) is 8.11. The average Bonchev–Trinajstić information content (AvgIpc) is 2.93. The molecule has 1 heterocycles. The van der Waals surface area contributed by atoms with Gasteiger partial charge in [0.25, 0.3) is 0 Å². The highest BCUT2D eigenvalue weighted by molar-refractivity contribution is 9.10. The van der Waals surface area contributed by atoms with Gasteiger partial charge in [-0.15, -0.1) is 0 Å². The highest BCUT2D eigenvalue weighted by Gasteiger charge is 2.29. The quantitative estimate of drug-likeness (QED) is 0.829. The van der Waals surface area contributed by atoms with E-state index in [1.165, 1.54) is 18.5 Å². The van der Waals surface area contributed by atoms with Crippen LogP contribution >= 0.6 is 15.9 Å². The Morgan fingerprint density at radius 2 is 2.50 bits per heavy atom. The largest absolute Gasteiger partial charge is 0.381 e. The molecule has 0 spiro atoms. The number of rotatable bonds is 4. The lowest BCUT2D eigenvalue weighted by Gasteiger charge is -2.00. The summed E-state index contributed by atoms with van der Waals surface area (Å²) in [4.78, 5) is 0. The standard InChI is InChI=1S/C10H13BrN2O/c1-14-6-2-5-13-10(8-3-4-8)9(11)7-12-13/h2,5,7-8H,3-4,6H2,1H3/b5-2+. The molecule has 0 unspecified atom stereocenters. The van der Waals surface area contributed by atoms with Gasteiger partial charge in [-0.1, -0.05) is 0 Å². The third kappa shape index (κ3) is 2.07. The van der Waals surface area contributed by atoms with Gasteiger partial charge in [-0.3, -0.25) is 0 Å². The molecule has 1 aliphatic carbocycles. The van der Waals surface area contributed by atoms with E-state index in [-0.39, 0.29) is 0 Å². The molecule has 0 aliphatic heterocycles. The second-order valence-electron chi connectivity index (χ2n) is 3.44. The fourth-order valence-corrected chi connectivity index (χ4v) is 2.04. The Morgan fingerprint density at radius 1 is 1.71 bits per heavy atom. The minimum atomic E-state index is 0.627. The van der Waals surface area contributed by atoms with E-state index in [4.69, 9.17) is 4.74 Å². The van der Waals surface area contributed by atoms with Gasteiger partial charge in [0, 0.05) is 19.2 Å². The van der Waals surface area contributed by atoms with Crippen molar-refractivity contribution in [2.24, 2.45) is 0 Å².